The van der Waals surface area contributed by atoms with E-state index in [1.54, 1.807) is 0 Å². The molecule has 0 radical (unpaired) electrons. The van der Waals surface area contributed by atoms with Crippen LogP contribution in [0, 0.1) is 0 Å². The minimum absolute atomic E-state index is 0.169. The fraction of sp³-hybridized carbons (Fsp3) is 0.500. The highest BCUT2D eigenvalue weighted by molar-refractivity contribution is 5.67. The van der Waals surface area contributed by atoms with E-state index in [4.69, 9.17) is 10.2 Å². The minimum atomic E-state index is -0.954. The Bertz CT molecular complexity index is 194. The summed E-state index contributed by atoms with van der Waals surface area (Å²) in [7, 11) is 0. The van der Waals surface area contributed by atoms with E-state index in [0.717, 1.165) is 0 Å². The molecule has 0 aromatic carbocycles. The Kier molecular flexibility index (Phi) is 6.92. The smallest absolute Gasteiger partial charge is 0.305 e. The number of carboxylic acid groups (broad SMARTS) is 1. The Labute approximate surface area is 78.4 Å². The molecule has 74 valence electrons. The van der Waals surface area contributed by atoms with Crippen molar-refractivity contribution in [3.63, 3.8) is 0 Å². The Balaban J connectivity index is 3.47. The summed E-state index contributed by atoms with van der Waals surface area (Å²) in [6.07, 6.45) is 7.90. The second-order valence-electron chi connectivity index (χ2n) is 2.78. The van der Waals surface area contributed by atoms with E-state index in [9.17, 15) is 4.79 Å². The van der Waals surface area contributed by atoms with Crippen LogP contribution in [-0.2, 0) is 4.79 Å². The van der Waals surface area contributed by atoms with Gasteiger partial charge >= 0.3 is 5.97 Å². The van der Waals surface area contributed by atoms with Crippen LogP contribution in [0.4, 0.5) is 0 Å². The molecule has 0 aliphatic carbocycles. The van der Waals surface area contributed by atoms with Gasteiger partial charge in [-0.25, -0.2) is 0 Å². The van der Waals surface area contributed by atoms with Gasteiger partial charge in [-0.1, -0.05) is 24.3 Å². The zero-order valence-corrected chi connectivity index (χ0v) is 7.81. The molecule has 1 unspecified atom stereocenters. The van der Waals surface area contributed by atoms with Crippen LogP contribution in [0.25, 0.3) is 0 Å². The normalized spacial score (nSPS) is 14.0. The van der Waals surface area contributed by atoms with E-state index in [-0.39, 0.29) is 6.42 Å². The molecule has 0 aliphatic rings. The van der Waals surface area contributed by atoms with Crippen molar-refractivity contribution in [1.29, 1.82) is 0 Å². The Morgan fingerprint density at radius 2 is 2.15 bits per heavy atom. The van der Waals surface area contributed by atoms with Crippen LogP contribution < -0.4 is 0 Å². The van der Waals surface area contributed by atoms with E-state index in [1.165, 1.54) is 0 Å². The number of allylic oxidation sites excluding steroid dienone is 4. The van der Waals surface area contributed by atoms with Gasteiger partial charge in [-0.15, -0.1) is 0 Å². The van der Waals surface area contributed by atoms with Crippen molar-refractivity contribution in [3.05, 3.63) is 24.3 Å². The van der Waals surface area contributed by atoms with Crippen molar-refractivity contribution >= 4 is 5.97 Å². The summed E-state index contributed by atoms with van der Waals surface area (Å²) in [4.78, 5) is 10.2. The van der Waals surface area contributed by atoms with E-state index < -0.39 is 12.1 Å². The van der Waals surface area contributed by atoms with Gasteiger partial charge in [0.05, 0.1) is 12.5 Å². The Hall–Kier alpha value is -1.09. The van der Waals surface area contributed by atoms with Gasteiger partial charge < -0.3 is 10.2 Å². The highest BCUT2D eigenvalue weighted by Crippen LogP contribution is 2.02. The number of carbonyl (C=O) groups is 1. The van der Waals surface area contributed by atoms with Crippen molar-refractivity contribution in [2.45, 2.75) is 32.3 Å². The lowest BCUT2D eigenvalue weighted by Crippen LogP contribution is -2.11. The van der Waals surface area contributed by atoms with Gasteiger partial charge in [0.2, 0.25) is 0 Å². The molecule has 0 aromatic rings. The summed E-state index contributed by atoms with van der Waals surface area (Å²) in [5, 5.41) is 17.5. The maximum atomic E-state index is 10.2. The van der Waals surface area contributed by atoms with Crippen LogP contribution in [0.2, 0.25) is 0 Å². The number of rotatable bonds is 6. The molecule has 0 aromatic heterocycles. The first-order valence-electron chi connectivity index (χ1n) is 4.34. The molecule has 0 amide bonds. The molecule has 1 atom stereocenters. The lowest BCUT2D eigenvalue weighted by molar-refractivity contribution is -0.139. The number of aliphatic hydroxyl groups excluding tert-OH is 1. The average molecular weight is 184 g/mol. The second-order valence-corrected chi connectivity index (χ2v) is 2.78. The SMILES string of the molecule is C/C=C/C=C\CCC(O)CC(=O)O. The molecule has 0 saturated carbocycles. The highest BCUT2D eigenvalue weighted by Gasteiger charge is 2.07. The molecule has 3 nitrogen and oxygen atoms in total. The van der Waals surface area contributed by atoms with Crippen LogP contribution >= 0.6 is 0 Å². The van der Waals surface area contributed by atoms with Crippen LogP contribution in [0.5, 0.6) is 0 Å². The minimum Gasteiger partial charge on any atom is -0.481 e. The summed E-state index contributed by atoms with van der Waals surface area (Å²) >= 11 is 0. The van der Waals surface area contributed by atoms with Gasteiger partial charge in [0.1, 0.15) is 0 Å². The lowest BCUT2D eigenvalue weighted by Gasteiger charge is -2.03. The van der Waals surface area contributed by atoms with Crippen molar-refractivity contribution in [2.24, 2.45) is 0 Å². The summed E-state index contributed by atoms with van der Waals surface area (Å²) in [6.45, 7) is 1.92. The number of hydrogen-bond acceptors (Lipinski definition) is 2. The third-order valence-electron chi connectivity index (χ3n) is 1.52. The maximum absolute atomic E-state index is 10.2. The zero-order valence-electron chi connectivity index (χ0n) is 7.81. The molecule has 13 heavy (non-hydrogen) atoms. The molecule has 0 rings (SSSR count). The first-order chi connectivity index (χ1) is 6.16. The van der Waals surface area contributed by atoms with Crippen LogP contribution in [0.15, 0.2) is 24.3 Å². The van der Waals surface area contributed by atoms with Crippen LogP contribution in [0.3, 0.4) is 0 Å². The molecule has 0 aliphatic heterocycles. The molecule has 0 fully saturated rings. The molecule has 0 saturated heterocycles. The van der Waals surface area contributed by atoms with Crippen molar-refractivity contribution in [3.8, 4) is 0 Å². The molecule has 0 bridgehead atoms. The van der Waals surface area contributed by atoms with Gasteiger partial charge in [0.15, 0.2) is 0 Å². The maximum Gasteiger partial charge on any atom is 0.305 e. The average Bonchev–Trinajstić information content (AvgIpc) is 2.02. The van der Waals surface area contributed by atoms with E-state index in [0.29, 0.717) is 12.8 Å². The van der Waals surface area contributed by atoms with E-state index in [1.807, 2.05) is 31.2 Å². The van der Waals surface area contributed by atoms with Gasteiger partial charge in [-0.2, -0.15) is 0 Å². The first-order valence-corrected chi connectivity index (χ1v) is 4.34. The summed E-state index contributed by atoms with van der Waals surface area (Å²) < 4.78 is 0. The summed E-state index contributed by atoms with van der Waals surface area (Å²) in [6, 6.07) is 0. The van der Waals surface area contributed by atoms with Crippen molar-refractivity contribution < 1.29 is 15.0 Å². The van der Waals surface area contributed by atoms with Crippen molar-refractivity contribution in [2.75, 3.05) is 0 Å². The predicted octanol–water partition coefficient (Wildman–Crippen LogP) is 1.73. The highest BCUT2D eigenvalue weighted by atomic mass is 16.4. The monoisotopic (exact) mass is 184 g/mol. The van der Waals surface area contributed by atoms with Gasteiger partial charge in [0.25, 0.3) is 0 Å². The van der Waals surface area contributed by atoms with E-state index in [2.05, 4.69) is 0 Å². The fourth-order valence-electron chi connectivity index (χ4n) is 0.878. The standard InChI is InChI=1S/C10H16O3/c1-2-3-4-5-6-7-9(11)8-10(12)13/h2-5,9,11H,6-8H2,1H3,(H,12,13)/b3-2+,5-4-. The quantitative estimate of drug-likeness (QED) is 0.618. The largest absolute Gasteiger partial charge is 0.481 e. The van der Waals surface area contributed by atoms with E-state index >= 15 is 0 Å². The van der Waals surface area contributed by atoms with Crippen LogP contribution in [-0.4, -0.2) is 22.3 Å². The molecular formula is C10H16O3. The number of hydrogen-bond donors (Lipinski definition) is 2. The molecule has 0 spiro atoms. The number of carboxylic acids is 1. The van der Waals surface area contributed by atoms with Crippen molar-refractivity contribution in [1.82, 2.24) is 0 Å². The third-order valence-corrected chi connectivity index (χ3v) is 1.52. The molecular weight excluding hydrogens is 168 g/mol. The number of aliphatic carboxylic acids is 1. The molecule has 2 N–H and O–H groups in total. The summed E-state index contributed by atoms with van der Waals surface area (Å²) in [5.74, 6) is -0.954. The Morgan fingerprint density at radius 1 is 1.46 bits per heavy atom. The predicted molar refractivity (Wildman–Crippen MR) is 51.4 cm³/mol. The number of aliphatic hydroxyl groups is 1. The first kappa shape index (κ1) is 11.9. The topological polar surface area (TPSA) is 57.5 Å². The second kappa shape index (κ2) is 7.55. The van der Waals surface area contributed by atoms with Gasteiger partial charge in [-0.3, -0.25) is 4.79 Å². The van der Waals surface area contributed by atoms with Crippen LogP contribution in [0.1, 0.15) is 26.2 Å². The summed E-state index contributed by atoms with van der Waals surface area (Å²) in [5.41, 5.74) is 0. The zero-order chi connectivity index (χ0) is 10.1. The third kappa shape index (κ3) is 8.82. The fourth-order valence-corrected chi connectivity index (χ4v) is 0.878. The lowest BCUT2D eigenvalue weighted by atomic mass is 10.1. The molecule has 0 heterocycles. The Morgan fingerprint density at radius 3 is 2.69 bits per heavy atom. The van der Waals surface area contributed by atoms with Gasteiger partial charge in [-0.05, 0) is 19.8 Å². The molecule has 3 heteroatoms. The van der Waals surface area contributed by atoms with Gasteiger partial charge in [0, 0.05) is 0 Å².